The van der Waals surface area contributed by atoms with Gasteiger partial charge in [0.25, 0.3) is 0 Å². The predicted octanol–water partition coefficient (Wildman–Crippen LogP) is 4.01. The summed E-state index contributed by atoms with van der Waals surface area (Å²) in [6.07, 6.45) is 8.11. The van der Waals surface area contributed by atoms with Crippen molar-refractivity contribution >= 4 is 18.7 Å². The number of hydrogen-bond donors (Lipinski definition) is 3. The molecule has 4 nitrogen and oxygen atoms in total. The van der Waals surface area contributed by atoms with Crippen molar-refractivity contribution in [2.45, 2.75) is 71.0 Å². The molecule has 0 aromatic carbocycles. The molecular formula is C17H36N2O2S. The van der Waals surface area contributed by atoms with Crippen molar-refractivity contribution in [2.75, 3.05) is 26.2 Å². The zero-order valence-corrected chi connectivity index (χ0v) is 15.6. The Kier molecular flexibility index (Phi) is 15.2. The molecule has 0 heterocycles. The van der Waals surface area contributed by atoms with E-state index in [1.807, 2.05) is 0 Å². The second-order valence-corrected chi connectivity index (χ2v) is 7.28. The molecule has 132 valence electrons. The van der Waals surface area contributed by atoms with Crippen LogP contribution in [0.2, 0.25) is 0 Å². The Bertz CT molecular complexity index is 261. The zero-order valence-electron chi connectivity index (χ0n) is 14.7. The minimum Gasteiger partial charge on any atom is -0.448 e. The summed E-state index contributed by atoms with van der Waals surface area (Å²) in [7, 11) is 0. The number of nitrogens with one attached hydrogen (secondary N) is 2. The summed E-state index contributed by atoms with van der Waals surface area (Å²) in [4.78, 5) is 11.4. The summed E-state index contributed by atoms with van der Waals surface area (Å²) in [5.74, 6) is 0.822. The number of alkyl carbamates (subject to hydrolysis) is 1. The van der Waals surface area contributed by atoms with E-state index in [9.17, 15) is 4.79 Å². The molecule has 1 atom stereocenters. The number of carbonyl (C=O) groups excluding carboxylic acids is 1. The van der Waals surface area contributed by atoms with E-state index in [0.717, 1.165) is 31.8 Å². The van der Waals surface area contributed by atoms with Crippen LogP contribution in [-0.2, 0) is 4.74 Å². The first-order chi connectivity index (χ1) is 10.5. The fourth-order valence-electron chi connectivity index (χ4n) is 2.14. The number of unbranched alkanes of at least 4 members (excludes halogenated alkanes) is 3. The third kappa shape index (κ3) is 17.6. The first kappa shape index (κ1) is 21.6. The van der Waals surface area contributed by atoms with Crippen LogP contribution >= 0.6 is 12.6 Å². The predicted molar refractivity (Wildman–Crippen MR) is 97.8 cm³/mol. The summed E-state index contributed by atoms with van der Waals surface area (Å²) < 4.78 is 5.09. The molecule has 1 amide bonds. The molecule has 0 saturated heterocycles. The van der Waals surface area contributed by atoms with Crippen LogP contribution in [0, 0.1) is 5.92 Å². The van der Waals surface area contributed by atoms with E-state index in [0.29, 0.717) is 18.4 Å². The van der Waals surface area contributed by atoms with Crippen molar-refractivity contribution in [1.82, 2.24) is 10.6 Å². The van der Waals surface area contributed by atoms with Gasteiger partial charge in [-0.15, -0.1) is 0 Å². The van der Waals surface area contributed by atoms with Gasteiger partial charge in [0, 0.05) is 13.1 Å². The van der Waals surface area contributed by atoms with Crippen molar-refractivity contribution in [3.63, 3.8) is 0 Å². The number of hydrogen-bond acceptors (Lipinski definition) is 4. The molecule has 0 aromatic rings. The van der Waals surface area contributed by atoms with E-state index in [1.54, 1.807) is 0 Å². The van der Waals surface area contributed by atoms with E-state index < -0.39 is 0 Å². The topological polar surface area (TPSA) is 50.4 Å². The quantitative estimate of drug-likeness (QED) is 0.333. The van der Waals surface area contributed by atoms with Crippen molar-refractivity contribution < 1.29 is 9.53 Å². The lowest BCUT2D eigenvalue weighted by Gasteiger charge is -2.09. The van der Waals surface area contributed by atoms with Crippen molar-refractivity contribution in [1.29, 1.82) is 0 Å². The molecule has 2 N–H and O–H groups in total. The Hall–Kier alpha value is -0.420. The highest BCUT2D eigenvalue weighted by Crippen LogP contribution is 2.08. The summed E-state index contributed by atoms with van der Waals surface area (Å²) in [6, 6.07) is 0. The average molecular weight is 333 g/mol. The largest absolute Gasteiger partial charge is 0.448 e. The highest BCUT2D eigenvalue weighted by molar-refractivity contribution is 7.80. The summed E-state index contributed by atoms with van der Waals surface area (Å²) in [6.45, 7) is 9.43. The van der Waals surface area contributed by atoms with Gasteiger partial charge in [0.1, 0.15) is 6.61 Å². The summed E-state index contributed by atoms with van der Waals surface area (Å²) in [5, 5.41) is 6.44. The number of ether oxygens (including phenoxy) is 1. The van der Waals surface area contributed by atoms with E-state index in [2.05, 4.69) is 44.0 Å². The molecule has 0 bridgehead atoms. The average Bonchev–Trinajstić information content (AvgIpc) is 2.45. The van der Waals surface area contributed by atoms with Crippen LogP contribution < -0.4 is 10.6 Å². The molecule has 0 radical (unpaired) electrons. The van der Waals surface area contributed by atoms with Crippen LogP contribution in [0.4, 0.5) is 4.79 Å². The number of amides is 1. The molecule has 0 aliphatic heterocycles. The maximum absolute atomic E-state index is 11.4. The Morgan fingerprint density at radius 1 is 0.955 bits per heavy atom. The zero-order chi connectivity index (χ0) is 16.6. The van der Waals surface area contributed by atoms with Crippen LogP contribution in [0.1, 0.15) is 65.7 Å². The number of carbonyl (C=O) groups is 1. The first-order valence-corrected chi connectivity index (χ1v) is 9.33. The maximum atomic E-state index is 11.4. The Morgan fingerprint density at radius 3 is 2.36 bits per heavy atom. The van der Waals surface area contributed by atoms with E-state index in [1.165, 1.54) is 32.1 Å². The van der Waals surface area contributed by atoms with Gasteiger partial charge in [-0.2, -0.15) is 12.6 Å². The Balaban J connectivity index is 3.17. The van der Waals surface area contributed by atoms with Gasteiger partial charge >= 0.3 is 6.09 Å². The second kappa shape index (κ2) is 15.5. The monoisotopic (exact) mass is 332 g/mol. The molecule has 0 fully saturated rings. The van der Waals surface area contributed by atoms with Gasteiger partial charge in [0.15, 0.2) is 0 Å². The molecule has 1 unspecified atom stereocenters. The second-order valence-electron chi connectivity index (χ2n) is 6.40. The number of thiol groups is 1. The fourth-order valence-corrected chi connectivity index (χ4v) is 2.32. The van der Waals surface area contributed by atoms with Crippen LogP contribution in [-0.4, -0.2) is 37.6 Å². The maximum Gasteiger partial charge on any atom is 0.407 e. The van der Waals surface area contributed by atoms with Crippen molar-refractivity contribution in [3.05, 3.63) is 0 Å². The third-order valence-corrected chi connectivity index (χ3v) is 3.72. The smallest absolute Gasteiger partial charge is 0.407 e. The highest BCUT2D eigenvalue weighted by atomic mass is 32.1. The van der Waals surface area contributed by atoms with E-state index in [-0.39, 0.29) is 6.09 Å². The van der Waals surface area contributed by atoms with Gasteiger partial charge in [-0.3, -0.25) is 0 Å². The van der Waals surface area contributed by atoms with Gasteiger partial charge in [-0.1, -0.05) is 46.5 Å². The van der Waals surface area contributed by atoms with Crippen LogP contribution in [0.25, 0.3) is 0 Å². The third-order valence-electron chi connectivity index (χ3n) is 3.47. The van der Waals surface area contributed by atoms with Crippen LogP contribution in [0.3, 0.4) is 0 Å². The minimum absolute atomic E-state index is 0.317. The number of rotatable bonds is 14. The van der Waals surface area contributed by atoms with Crippen LogP contribution in [0.15, 0.2) is 0 Å². The highest BCUT2D eigenvalue weighted by Gasteiger charge is 2.01. The van der Waals surface area contributed by atoms with Gasteiger partial charge in [0.2, 0.25) is 0 Å². The van der Waals surface area contributed by atoms with Gasteiger partial charge in [-0.25, -0.2) is 4.79 Å². The van der Waals surface area contributed by atoms with Gasteiger partial charge in [-0.05, 0) is 37.0 Å². The van der Waals surface area contributed by atoms with Crippen LogP contribution in [0.5, 0.6) is 0 Å². The lowest BCUT2D eigenvalue weighted by atomic mass is 10.0. The Labute approximate surface area is 142 Å². The van der Waals surface area contributed by atoms with Crippen molar-refractivity contribution in [3.8, 4) is 0 Å². The molecule has 0 rings (SSSR count). The standard InChI is InChI=1S/C17H36N2O2S/c1-15(2)9-6-4-5-7-11-18-13-14-21-17(20)19-12-8-10-16(3)22/h15-16,18,22H,4-14H2,1-3H3,(H,19,20). The normalized spacial score (nSPS) is 12.4. The van der Waals surface area contributed by atoms with Gasteiger partial charge < -0.3 is 15.4 Å². The molecule has 22 heavy (non-hydrogen) atoms. The fraction of sp³-hybridized carbons (Fsp3) is 0.941. The van der Waals surface area contributed by atoms with Crippen molar-refractivity contribution in [2.24, 2.45) is 5.92 Å². The molecule has 0 aromatic heterocycles. The SMILES string of the molecule is CC(C)CCCCCCNCCOC(=O)NCCCC(C)S. The lowest BCUT2D eigenvalue weighted by Crippen LogP contribution is -2.29. The molecule has 0 aliphatic rings. The Morgan fingerprint density at radius 2 is 1.68 bits per heavy atom. The molecule has 5 heteroatoms. The van der Waals surface area contributed by atoms with E-state index in [4.69, 9.17) is 4.74 Å². The molecule has 0 saturated carbocycles. The molecule has 0 aliphatic carbocycles. The van der Waals surface area contributed by atoms with Gasteiger partial charge in [0.05, 0.1) is 0 Å². The molecular weight excluding hydrogens is 296 g/mol. The first-order valence-electron chi connectivity index (χ1n) is 8.81. The minimum atomic E-state index is -0.317. The summed E-state index contributed by atoms with van der Waals surface area (Å²) >= 11 is 4.29. The summed E-state index contributed by atoms with van der Waals surface area (Å²) in [5.41, 5.74) is 0. The van der Waals surface area contributed by atoms with E-state index >= 15 is 0 Å². The lowest BCUT2D eigenvalue weighted by molar-refractivity contribution is 0.146. The molecule has 0 spiro atoms.